The largest absolute Gasteiger partial charge is 0.397 e. The van der Waals surface area contributed by atoms with Gasteiger partial charge in [0.05, 0.1) is 11.4 Å². The molecule has 1 unspecified atom stereocenters. The van der Waals surface area contributed by atoms with Gasteiger partial charge in [0.2, 0.25) is 0 Å². The molecule has 0 amide bonds. The fourth-order valence-corrected chi connectivity index (χ4v) is 1.18. The summed E-state index contributed by atoms with van der Waals surface area (Å²) in [5.41, 5.74) is 7.48. The molecular weight excluding hydrogens is 174 g/mol. The number of nitrogens with two attached hydrogens (primary N) is 1. The Bertz CT molecular complexity index is 273. The summed E-state index contributed by atoms with van der Waals surface area (Å²) in [4.78, 5) is 4.21. The minimum absolute atomic E-state index is 0.708. The number of nitrogens with one attached hydrogen (secondary N) is 1. The van der Waals surface area contributed by atoms with Crippen molar-refractivity contribution in [2.24, 2.45) is 5.92 Å². The fraction of sp³-hybridized carbons (Fsp3) is 0.545. The van der Waals surface area contributed by atoms with Crippen molar-refractivity contribution in [1.82, 2.24) is 10.3 Å². The quantitative estimate of drug-likeness (QED) is 0.749. The first-order chi connectivity index (χ1) is 6.74. The molecule has 14 heavy (non-hydrogen) atoms. The molecule has 0 radical (unpaired) electrons. The Morgan fingerprint density at radius 1 is 1.57 bits per heavy atom. The van der Waals surface area contributed by atoms with Gasteiger partial charge in [-0.2, -0.15) is 0 Å². The lowest BCUT2D eigenvalue weighted by Crippen LogP contribution is -2.21. The summed E-state index contributed by atoms with van der Waals surface area (Å²) in [6.07, 6.45) is 2.97. The van der Waals surface area contributed by atoms with Gasteiger partial charge in [0.1, 0.15) is 0 Å². The van der Waals surface area contributed by atoms with Crippen molar-refractivity contribution in [3.05, 3.63) is 24.0 Å². The van der Waals surface area contributed by atoms with E-state index in [4.69, 9.17) is 5.73 Å². The second-order valence-electron chi connectivity index (χ2n) is 3.68. The highest BCUT2D eigenvalue weighted by molar-refractivity contribution is 5.41. The second-order valence-corrected chi connectivity index (χ2v) is 3.68. The molecule has 3 nitrogen and oxygen atoms in total. The van der Waals surface area contributed by atoms with E-state index in [-0.39, 0.29) is 0 Å². The Balaban J connectivity index is 2.35. The zero-order valence-electron chi connectivity index (χ0n) is 8.96. The summed E-state index contributed by atoms with van der Waals surface area (Å²) >= 11 is 0. The van der Waals surface area contributed by atoms with Gasteiger partial charge in [0.15, 0.2) is 0 Å². The number of nitrogen functional groups attached to an aromatic ring is 1. The van der Waals surface area contributed by atoms with Gasteiger partial charge in [0.25, 0.3) is 0 Å². The Morgan fingerprint density at radius 2 is 2.36 bits per heavy atom. The van der Waals surface area contributed by atoms with Crippen LogP contribution in [0.25, 0.3) is 0 Å². The average Bonchev–Trinajstić information content (AvgIpc) is 2.20. The van der Waals surface area contributed by atoms with Crippen molar-refractivity contribution in [2.75, 3.05) is 12.3 Å². The third-order valence-electron chi connectivity index (χ3n) is 2.41. The van der Waals surface area contributed by atoms with E-state index in [1.165, 1.54) is 6.42 Å². The molecular formula is C11H19N3. The van der Waals surface area contributed by atoms with Crippen LogP contribution in [-0.2, 0) is 6.54 Å². The van der Waals surface area contributed by atoms with Gasteiger partial charge in [-0.3, -0.25) is 4.98 Å². The molecule has 0 aliphatic heterocycles. The second kappa shape index (κ2) is 5.60. The van der Waals surface area contributed by atoms with Gasteiger partial charge in [-0.05, 0) is 24.6 Å². The van der Waals surface area contributed by atoms with Crippen LogP contribution in [0.3, 0.4) is 0 Å². The molecule has 3 heteroatoms. The molecule has 0 fully saturated rings. The van der Waals surface area contributed by atoms with Gasteiger partial charge in [0, 0.05) is 12.7 Å². The Kier molecular flexibility index (Phi) is 4.40. The lowest BCUT2D eigenvalue weighted by molar-refractivity contribution is 0.498. The molecule has 1 atom stereocenters. The smallest absolute Gasteiger partial charge is 0.0770 e. The SMILES string of the molecule is CCC(C)CNCc1ncccc1N. The predicted octanol–water partition coefficient (Wildman–Crippen LogP) is 1.80. The number of anilines is 1. The molecule has 0 spiro atoms. The predicted molar refractivity (Wildman–Crippen MR) is 59.8 cm³/mol. The summed E-state index contributed by atoms with van der Waals surface area (Å²) in [5.74, 6) is 0.708. The molecule has 3 N–H and O–H groups in total. The average molecular weight is 193 g/mol. The Labute approximate surface area is 85.7 Å². The van der Waals surface area contributed by atoms with Gasteiger partial charge in [-0.1, -0.05) is 20.3 Å². The maximum absolute atomic E-state index is 5.77. The van der Waals surface area contributed by atoms with Crippen LogP contribution in [-0.4, -0.2) is 11.5 Å². The minimum Gasteiger partial charge on any atom is -0.397 e. The van der Waals surface area contributed by atoms with Crippen LogP contribution in [0, 0.1) is 5.92 Å². The van der Waals surface area contributed by atoms with E-state index in [1.807, 2.05) is 12.1 Å². The van der Waals surface area contributed by atoms with Gasteiger partial charge in [-0.15, -0.1) is 0 Å². The number of pyridine rings is 1. The lowest BCUT2D eigenvalue weighted by atomic mass is 10.1. The third-order valence-corrected chi connectivity index (χ3v) is 2.41. The molecule has 0 aliphatic carbocycles. The number of nitrogens with zero attached hydrogens (tertiary/aromatic N) is 1. The van der Waals surface area contributed by atoms with Crippen molar-refractivity contribution in [3.63, 3.8) is 0 Å². The molecule has 0 bridgehead atoms. The molecule has 1 aromatic rings. The van der Waals surface area contributed by atoms with Crippen LogP contribution in [0.5, 0.6) is 0 Å². The monoisotopic (exact) mass is 193 g/mol. The fourth-order valence-electron chi connectivity index (χ4n) is 1.18. The van der Waals surface area contributed by atoms with Crippen LogP contribution in [0.1, 0.15) is 26.0 Å². The third kappa shape index (κ3) is 3.34. The van der Waals surface area contributed by atoms with Crippen LogP contribution in [0.2, 0.25) is 0 Å². The molecule has 1 rings (SSSR count). The Hall–Kier alpha value is -1.09. The van der Waals surface area contributed by atoms with Crippen molar-refractivity contribution in [2.45, 2.75) is 26.8 Å². The number of rotatable bonds is 5. The van der Waals surface area contributed by atoms with E-state index in [2.05, 4.69) is 24.1 Å². The topological polar surface area (TPSA) is 50.9 Å². The highest BCUT2D eigenvalue weighted by atomic mass is 14.9. The van der Waals surface area contributed by atoms with Crippen LogP contribution >= 0.6 is 0 Å². The van der Waals surface area contributed by atoms with E-state index in [0.29, 0.717) is 5.92 Å². The standard InChI is InChI=1S/C11H19N3/c1-3-9(2)7-13-8-11-10(12)5-4-6-14-11/h4-6,9,13H,3,7-8,12H2,1-2H3. The molecule has 0 aromatic carbocycles. The summed E-state index contributed by atoms with van der Waals surface area (Å²) < 4.78 is 0. The van der Waals surface area contributed by atoms with Crippen molar-refractivity contribution >= 4 is 5.69 Å². The molecule has 1 aromatic heterocycles. The molecule has 0 aliphatic rings. The van der Waals surface area contributed by atoms with Crippen molar-refractivity contribution in [1.29, 1.82) is 0 Å². The maximum Gasteiger partial charge on any atom is 0.0770 e. The highest BCUT2D eigenvalue weighted by Crippen LogP contribution is 2.06. The van der Waals surface area contributed by atoms with Crippen LogP contribution in [0.15, 0.2) is 18.3 Å². The van der Waals surface area contributed by atoms with Gasteiger partial charge in [-0.25, -0.2) is 0 Å². The molecule has 0 saturated heterocycles. The van der Waals surface area contributed by atoms with E-state index in [9.17, 15) is 0 Å². The normalized spacial score (nSPS) is 12.7. The summed E-state index contributed by atoms with van der Waals surface area (Å²) in [5, 5.41) is 3.35. The van der Waals surface area contributed by atoms with E-state index < -0.39 is 0 Å². The Morgan fingerprint density at radius 3 is 3.00 bits per heavy atom. The van der Waals surface area contributed by atoms with Crippen molar-refractivity contribution < 1.29 is 0 Å². The number of hydrogen-bond donors (Lipinski definition) is 2. The molecule has 1 heterocycles. The first-order valence-corrected chi connectivity index (χ1v) is 5.14. The van der Waals surface area contributed by atoms with E-state index >= 15 is 0 Å². The summed E-state index contributed by atoms with van der Waals surface area (Å²) in [6.45, 7) is 6.21. The van der Waals surface area contributed by atoms with Crippen LogP contribution in [0.4, 0.5) is 5.69 Å². The zero-order chi connectivity index (χ0) is 10.4. The van der Waals surface area contributed by atoms with Crippen LogP contribution < -0.4 is 11.1 Å². The molecule has 0 saturated carbocycles. The first kappa shape index (κ1) is 11.0. The van der Waals surface area contributed by atoms with E-state index in [0.717, 1.165) is 24.5 Å². The van der Waals surface area contributed by atoms with Crippen molar-refractivity contribution in [3.8, 4) is 0 Å². The van der Waals surface area contributed by atoms with E-state index in [1.54, 1.807) is 6.20 Å². The number of aromatic nitrogens is 1. The summed E-state index contributed by atoms with van der Waals surface area (Å²) in [7, 11) is 0. The number of hydrogen-bond acceptors (Lipinski definition) is 3. The first-order valence-electron chi connectivity index (χ1n) is 5.14. The zero-order valence-corrected chi connectivity index (χ0v) is 8.96. The highest BCUT2D eigenvalue weighted by Gasteiger charge is 2.00. The maximum atomic E-state index is 5.77. The molecule has 78 valence electrons. The lowest BCUT2D eigenvalue weighted by Gasteiger charge is -2.10. The summed E-state index contributed by atoms with van der Waals surface area (Å²) in [6, 6.07) is 3.74. The van der Waals surface area contributed by atoms with Gasteiger partial charge >= 0.3 is 0 Å². The minimum atomic E-state index is 0.708. The van der Waals surface area contributed by atoms with Gasteiger partial charge < -0.3 is 11.1 Å².